The van der Waals surface area contributed by atoms with Crippen molar-refractivity contribution < 1.29 is 0 Å². The molecule has 82 valence electrons. The second-order valence-corrected chi connectivity index (χ2v) is 4.37. The van der Waals surface area contributed by atoms with Crippen LogP contribution in [0.5, 0.6) is 0 Å². The summed E-state index contributed by atoms with van der Waals surface area (Å²) in [5.41, 5.74) is 2.54. The van der Waals surface area contributed by atoms with Crippen molar-refractivity contribution in [1.82, 2.24) is 9.97 Å². The van der Waals surface area contributed by atoms with Crippen molar-refractivity contribution in [2.45, 2.75) is 18.0 Å². The SMILES string of the molecule is CSc1nc(NN)cc(NCC2CC2)n1. The van der Waals surface area contributed by atoms with Gasteiger partial charge >= 0.3 is 0 Å². The van der Waals surface area contributed by atoms with Gasteiger partial charge in [-0.05, 0) is 25.0 Å². The Labute approximate surface area is 93.2 Å². The smallest absolute Gasteiger partial charge is 0.191 e. The van der Waals surface area contributed by atoms with Crippen LogP contribution in [-0.4, -0.2) is 22.8 Å². The average molecular weight is 225 g/mol. The lowest BCUT2D eigenvalue weighted by Gasteiger charge is -2.07. The second kappa shape index (κ2) is 4.67. The van der Waals surface area contributed by atoms with Gasteiger partial charge in [-0.1, -0.05) is 11.8 Å². The molecule has 1 saturated carbocycles. The molecule has 1 fully saturated rings. The number of nitrogens with zero attached hydrogens (tertiary/aromatic N) is 2. The summed E-state index contributed by atoms with van der Waals surface area (Å²) < 4.78 is 0. The van der Waals surface area contributed by atoms with Gasteiger partial charge in [0, 0.05) is 12.6 Å². The van der Waals surface area contributed by atoms with Crippen LogP contribution in [0.1, 0.15) is 12.8 Å². The molecule has 1 heterocycles. The lowest BCUT2D eigenvalue weighted by atomic mass is 10.4. The molecule has 0 bridgehead atoms. The van der Waals surface area contributed by atoms with Gasteiger partial charge in [-0.15, -0.1) is 0 Å². The highest BCUT2D eigenvalue weighted by Crippen LogP contribution is 2.29. The van der Waals surface area contributed by atoms with E-state index in [0.29, 0.717) is 5.82 Å². The van der Waals surface area contributed by atoms with E-state index in [1.807, 2.05) is 12.3 Å². The number of nitrogens with two attached hydrogens (primary N) is 1. The number of nitrogen functional groups attached to an aromatic ring is 1. The zero-order valence-corrected chi connectivity index (χ0v) is 9.47. The fourth-order valence-corrected chi connectivity index (χ4v) is 1.63. The van der Waals surface area contributed by atoms with Gasteiger partial charge in [0.1, 0.15) is 11.6 Å². The summed E-state index contributed by atoms with van der Waals surface area (Å²) in [4.78, 5) is 8.53. The van der Waals surface area contributed by atoms with Crippen LogP contribution in [0.4, 0.5) is 11.6 Å². The molecule has 0 spiro atoms. The largest absolute Gasteiger partial charge is 0.370 e. The molecular formula is C9H15N5S. The normalized spacial score (nSPS) is 15.1. The van der Waals surface area contributed by atoms with Crippen molar-refractivity contribution >= 4 is 23.4 Å². The number of anilines is 2. The van der Waals surface area contributed by atoms with Crippen LogP contribution in [0.3, 0.4) is 0 Å². The maximum absolute atomic E-state index is 5.33. The van der Waals surface area contributed by atoms with Crippen LogP contribution in [0.2, 0.25) is 0 Å². The molecular weight excluding hydrogens is 210 g/mol. The first-order chi connectivity index (χ1) is 7.31. The van der Waals surface area contributed by atoms with E-state index in [9.17, 15) is 0 Å². The molecule has 1 aliphatic carbocycles. The van der Waals surface area contributed by atoms with E-state index < -0.39 is 0 Å². The van der Waals surface area contributed by atoms with E-state index in [4.69, 9.17) is 5.84 Å². The molecule has 1 aliphatic rings. The summed E-state index contributed by atoms with van der Waals surface area (Å²) in [6.07, 6.45) is 4.60. The van der Waals surface area contributed by atoms with Crippen LogP contribution < -0.4 is 16.6 Å². The van der Waals surface area contributed by atoms with E-state index in [1.54, 1.807) is 0 Å². The number of thioether (sulfide) groups is 1. The van der Waals surface area contributed by atoms with Crippen molar-refractivity contribution in [2.24, 2.45) is 11.8 Å². The predicted octanol–water partition coefficient (Wildman–Crippen LogP) is 1.31. The van der Waals surface area contributed by atoms with E-state index in [2.05, 4.69) is 20.7 Å². The highest BCUT2D eigenvalue weighted by atomic mass is 32.2. The van der Waals surface area contributed by atoms with Crippen molar-refractivity contribution in [2.75, 3.05) is 23.5 Å². The van der Waals surface area contributed by atoms with Crippen LogP contribution in [0, 0.1) is 5.92 Å². The molecule has 2 rings (SSSR count). The first-order valence-corrected chi connectivity index (χ1v) is 6.18. The molecule has 1 aromatic rings. The maximum atomic E-state index is 5.33. The Morgan fingerprint density at radius 2 is 2.20 bits per heavy atom. The number of hydrazine groups is 1. The van der Waals surface area contributed by atoms with Gasteiger partial charge in [0.2, 0.25) is 0 Å². The van der Waals surface area contributed by atoms with Crippen LogP contribution in [0.25, 0.3) is 0 Å². The second-order valence-electron chi connectivity index (χ2n) is 3.59. The summed E-state index contributed by atoms with van der Waals surface area (Å²) in [5, 5.41) is 4.02. The molecule has 0 amide bonds. The van der Waals surface area contributed by atoms with Crippen molar-refractivity contribution in [3.63, 3.8) is 0 Å². The quantitative estimate of drug-likeness (QED) is 0.303. The fourth-order valence-electron chi connectivity index (χ4n) is 1.25. The first kappa shape index (κ1) is 10.5. The van der Waals surface area contributed by atoms with Gasteiger partial charge in [-0.2, -0.15) is 0 Å². The Bertz CT molecular complexity index is 317. The molecule has 6 heteroatoms. The molecule has 0 unspecified atom stereocenters. The highest BCUT2D eigenvalue weighted by molar-refractivity contribution is 7.98. The predicted molar refractivity (Wildman–Crippen MR) is 62.8 cm³/mol. The lowest BCUT2D eigenvalue weighted by Crippen LogP contribution is -2.11. The Kier molecular flexibility index (Phi) is 3.27. The van der Waals surface area contributed by atoms with Gasteiger partial charge in [0.15, 0.2) is 5.16 Å². The van der Waals surface area contributed by atoms with E-state index in [0.717, 1.165) is 23.4 Å². The minimum Gasteiger partial charge on any atom is -0.370 e. The number of hydrogen-bond donors (Lipinski definition) is 3. The third kappa shape index (κ3) is 2.97. The standard InChI is InChI=1S/C9H15N5S/c1-15-9-12-7(4-8(13-9)14-10)11-5-6-2-3-6/h4,6H,2-3,5,10H2,1H3,(H2,11,12,13,14). The summed E-state index contributed by atoms with van der Waals surface area (Å²) in [6, 6.07) is 1.82. The zero-order valence-electron chi connectivity index (χ0n) is 8.66. The number of rotatable bonds is 5. The Morgan fingerprint density at radius 3 is 2.80 bits per heavy atom. The van der Waals surface area contributed by atoms with Gasteiger partial charge in [-0.3, -0.25) is 0 Å². The molecule has 0 aromatic carbocycles. The topological polar surface area (TPSA) is 75.9 Å². The molecule has 15 heavy (non-hydrogen) atoms. The van der Waals surface area contributed by atoms with E-state index in [1.165, 1.54) is 24.6 Å². The monoisotopic (exact) mass is 225 g/mol. The van der Waals surface area contributed by atoms with E-state index in [-0.39, 0.29) is 0 Å². The lowest BCUT2D eigenvalue weighted by molar-refractivity contribution is 0.869. The molecule has 0 radical (unpaired) electrons. The fraction of sp³-hybridized carbons (Fsp3) is 0.556. The van der Waals surface area contributed by atoms with Gasteiger partial charge in [-0.25, -0.2) is 15.8 Å². The summed E-state index contributed by atoms with van der Waals surface area (Å²) in [5.74, 6) is 7.65. The maximum Gasteiger partial charge on any atom is 0.191 e. The molecule has 0 saturated heterocycles. The number of hydrogen-bond acceptors (Lipinski definition) is 6. The minimum atomic E-state index is 0.646. The molecule has 4 N–H and O–H groups in total. The summed E-state index contributed by atoms with van der Waals surface area (Å²) in [6.45, 7) is 0.995. The molecule has 5 nitrogen and oxygen atoms in total. The minimum absolute atomic E-state index is 0.646. The first-order valence-electron chi connectivity index (χ1n) is 4.95. The van der Waals surface area contributed by atoms with Gasteiger partial charge in [0.05, 0.1) is 0 Å². The summed E-state index contributed by atoms with van der Waals surface area (Å²) >= 11 is 1.50. The van der Waals surface area contributed by atoms with Crippen molar-refractivity contribution in [3.05, 3.63) is 6.07 Å². The Morgan fingerprint density at radius 1 is 1.47 bits per heavy atom. The molecule has 0 atom stereocenters. The third-order valence-electron chi connectivity index (χ3n) is 2.30. The van der Waals surface area contributed by atoms with Crippen LogP contribution in [0.15, 0.2) is 11.2 Å². The highest BCUT2D eigenvalue weighted by Gasteiger charge is 2.20. The van der Waals surface area contributed by atoms with Crippen LogP contribution in [-0.2, 0) is 0 Å². The Balaban J connectivity index is 2.06. The molecule has 0 aliphatic heterocycles. The van der Waals surface area contributed by atoms with E-state index >= 15 is 0 Å². The Hall–Kier alpha value is -1.01. The summed E-state index contributed by atoms with van der Waals surface area (Å²) in [7, 11) is 0. The van der Waals surface area contributed by atoms with Crippen molar-refractivity contribution in [3.8, 4) is 0 Å². The van der Waals surface area contributed by atoms with Gasteiger partial charge in [0.25, 0.3) is 0 Å². The van der Waals surface area contributed by atoms with Crippen molar-refractivity contribution in [1.29, 1.82) is 0 Å². The average Bonchev–Trinajstić information content (AvgIpc) is 3.09. The zero-order chi connectivity index (χ0) is 10.7. The van der Waals surface area contributed by atoms with Gasteiger partial charge < -0.3 is 10.7 Å². The number of nitrogens with one attached hydrogen (secondary N) is 2. The molecule has 1 aromatic heterocycles. The third-order valence-corrected chi connectivity index (χ3v) is 2.85. The van der Waals surface area contributed by atoms with Crippen LogP contribution >= 0.6 is 11.8 Å². The number of aromatic nitrogens is 2.